The van der Waals surface area contributed by atoms with Crippen LogP contribution in [0.3, 0.4) is 0 Å². The quantitative estimate of drug-likeness (QED) is 0.440. The SMILES string of the molecule is Nc1cc(I)cc(Br)c1Cl. The Hall–Kier alpha value is 0.520. The first kappa shape index (κ1) is 8.62. The van der Waals surface area contributed by atoms with Gasteiger partial charge in [0.1, 0.15) is 0 Å². The average Bonchev–Trinajstić information content (AvgIpc) is 1.82. The number of benzene rings is 1. The van der Waals surface area contributed by atoms with Crippen LogP contribution in [0.25, 0.3) is 0 Å². The van der Waals surface area contributed by atoms with Crippen molar-refractivity contribution in [2.75, 3.05) is 5.73 Å². The second-order valence-corrected chi connectivity index (χ2v) is 4.27. The molecule has 0 aliphatic heterocycles. The van der Waals surface area contributed by atoms with Crippen molar-refractivity contribution in [2.45, 2.75) is 0 Å². The van der Waals surface area contributed by atoms with E-state index in [9.17, 15) is 0 Å². The Morgan fingerprint density at radius 1 is 1.50 bits per heavy atom. The van der Waals surface area contributed by atoms with E-state index in [0.29, 0.717) is 10.7 Å². The van der Waals surface area contributed by atoms with Crippen LogP contribution in [0.2, 0.25) is 5.02 Å². The highest BCUT2D eigenvalue weighted by Gasteiger charge is 2.01. The van der Waals surface area contributed by atoms with E-state index in [1.807, 2.05) is 12.1 Å². The van der Waals surface area contributed by atoms with Gasteiger partial charge in [-0.25, -0.2) is 0 Å². The summed E-state index contributed by atoms with van der Waals surface area (Å²) in [5.41, 5.74) is 6.17. The topological polar surface area (TPSA) is 26.0 Å². The number of nitrogens with two attached hydrogens (primary N) is 1. The minimum absolute atomic E-state index is 0.584. The second kappa shape index (κ2) is 3.28. The number of nitrogen functional groups attached to an aromatic ring is 1. The molecule has 0 aliphatic carbocycles. The Morgan fingerprint density at radius 2 is 2.10 bits per heavy atom. The lowest BCUT2D eigenvalue weighted by atomic mass is 10.3. The first-order chi connectivity index (χ1) is 4.61. The molecule has 4 heteroatoms. The monoisotopic (exact) mass is 331 g/mol. The first-order valence-electron chi connectivity index (χ1n) is 2.51. The van der Waals surface area contributed by atoms with Crippen molar-refractivity contribution in [1.29, 1.82) is 0 Å². The van der Waals surface area contributed by atoms with Gasteiger partial charge in [-0.2, -0.15) is 0 Å². The van der Waals surface area contributed by atoms with Crippen LogP contribution in [-0.4, -0.2) is 0 Å². The van der Waals surface area contributed by atoms with Gasteiger partial charge in [0, 0.05) is 8.04 Å². The molecule has 0 saturated carbocycles. The summed E-state index contributed by atoms with van der Waals surface area (Å²) in [5, 5.41) is 0.584. The largest absolute Gasteiger partial charge is 0.397 e. The van der Waals surface area contributed by atoms with Gasteiger partial charge in [-0.1, -0.05) is 11.6 Å². The molecule has 0 unspecified atom stereocenters. The molecule has 1 aromatic carbocycles. The number of hydrogen-bond acceptors (Lipinski definition) is 1. The molecular formula is C6H4BrClIN. The summed E-state index contributed by atoms with van der Waals surface area (Å²) in [7, 11) is 0. The summed E-state index contributed by atoms with van der Waals surface area (Å²) < 4.78 is 1.92. The minimum Gasteiger partial charge on any atom is -0.397 e. The lowest BCUT2D eigenvalue weighted by molar-refractivity contribution is 1.59. The van der Waals surface area contributed by atoms with E-state index in [0.717, 1.165) is 8.04 Å². The fraction of sp³-hybridized carbons (Fsp3) is 0. The van der Waals surface area contributed by atoms with Crippen molar-refractivity contribution in [3.05, 3.63) is 25.2 Å². The van der Waals surface area contributed by atoms with Gasteiger partial charge in [0.2, 0.25) is 0 Å². The van der Waals surface area contributed by atoms with E-state index in [2.05, 4.69) is 38.5 Å². The van der Waals surface area contributed by atoms with Crippen LogP contribution in [0, 0.1) is 3.57 Å². The lowest BCUT2D eigenvalue weighted by Gasteiger charge is -2.00. The third kappa shape index (κ3) is 1.77. The predicted molar refractivity (Wildman–Crippen MR) is 56.3 cm³/mol. The molecule has 1 nitrogen and oxygen atoms in total. The van der Waals surface area contributed by atoms with Crippen molar-refractivity contribution < 1.29 is 0 Å². The zero-order valence-electron chi connectivity index (χ0n) is 4.87. The van der Waals surface area contributed by atoms with Crippen molar-refractivity contribution in [3.8, 4) is 0 Å². The standard InChI is InChI=1S/C6H4BrClIN/c7-4-1-3(9)2-5(10)6(4)8/h1-2H,10H2. The van der Waals surface area contributed by atoms with Crippen LogP contribution < -0.4 is 5.73 Å². The molecule has 0 bridgehead atoms. The summed E-state index contributed by atoms with van der Waals surface area (Å²) in [6.45, 7) is 0. The summed E-state index contributed by atoms with van der Waals surface area (Å²) in [6.07, 6.45) is 0. The van der Waals surface area contributed by atoms with Crippen LogP contribution in [0.5, 0.6) is 0 Å². The molecule has 0 spiro atoms. The maximum absolute atomic E-state index is 5.77. The van der Waals surface area contributed by atoms with Gasteiger partial charge in [-0.3, -0.25) is 0 Å². The van der Waals surface area contributed by atoms with Gasteiger partial charge in [-0.15, -0.1) is 0 Å². The van der Waals surface area contributed by atoms with Crippen LogP contribution in [0.1, 0.15) is 0 Å². The number of anilines is 1. The second-order valence-electron chi connectivity index (χ2n) is 1.79. The van der Waals surface area contributed by atoms with E-state index < -0.39 is 0 Å². The molecule has 2 N–H and O–H groups in total. The molecule has 0 atom stereocenters. The molecule has 0 radical (unpaired) electrons. The maximum Gasteiger partial charge on any atom is 0.0778 e. The van der Waals surface area contributed by atoms with Crippen molar-refractivity contribution in [3.63, 3.8) is 0 Å². The molecule has 1 rings (SSSR count). The maximum atomic E-state index is 5.77. The molecule has 0 heterocycles. The molecule has 54 valence electrons. The number of halogens is 3. The van der Waals surface area contributed by atoms with Crippen molar-refractivity contribution in [2.24, 2.45) is 0 Å². The average molecular weight is 332 g/mol. The molecule has 0 fully saturated rings. The van der Waals surface area contributed by atoms with Gasteiger partial charge in [0.05, 0.1) is 10.7 Å². The number of hydrogen-bond donors (Lipinski definition) is 1. The van der Waals surface area contributed by atoms with E-state index in [1.54, 1.807) is 0 Å². The number of rotatable bonds is 0. The van der Waals surface area contributed by atoms with Crippen molar-refractivity contribution >= 4 is 55.8 Å². The third-order valence-electron chi connectivity index (χ3n) is 1.02. The normalized spacial score (nSPS) is 9.90. The van der Waals surface area contributed by atoms with Crippen molar-refractivity contribution in [1.82, 2.24) is 0 Å². The van der Waals surface area contributed by atoms with E-state index in [-0.39, 0.29) is 0 Å². The van der Waals surface area contributed by atoms with E-state index in [4.69, 9.17) is 17.3 Å². The van der Waals surface area contributed by atoms with Gasteiger partial charge >= 0.3 is 0 Å². The van der Waals surface area contributed by atoms with Gasteiger partial charge < -0.3 is 5.73 Å². The summed E-state index contributed by atoms with van der Waals surface area (Å²) in [4.78, 5) is 0. The molecule has 10 heavy (non-hydrogen) atoms. The Balaban J connectivity index is 3.31. The van der Waals surface area contributed by atoms with Crippen LogP contribution in [-0.2, 0) is 0 Å². The molecule has 0 aliphatic rings. The molecule has 0 saturated heterocycles. The lowest BCUT2D eigenvalue weighted by Crippen LogP contribution is -1.87. The van der Waals surface area contributed by atoms with Crippen LogP contribution in [0.4, 0.5) is 5.69 Å². The summed E-state index contributed by atoms with van der Waals surface area (Å²) in [5.74, 6) is 0. The minimum atomic E-state index is 0.584. The van der Waals surface area contributed by atoms with Crippen LogP contribution in [0.15, 0.2) is 16.6 Å². The Bertz CT molecular complexity index is 241. The molecule has 0 aromatic heterocycles. The Kier molecular flexibility index (Phi) is 2.82. The molecule has 0 amide bonds. The third-order valence-corrected chi connectivity index (χ3v) is 2.92. The van der Waals surface area contributed by atoms with E-state index >= 15 is 0 Å². The zero-order chi connectivity index (χ0) is 7.72. The molecular weight excluding hydrogens is 328 g/mol. The highest BCUT2D eigenvalue weighted by molar-refractivity contribution is 14.1. The summed E-state index contributed by atoms with van der Waals surface area (Å²) in [6, 6.07) is 3.74. The Morgan fingerprint density at radius 3 is 2.60 bits per heavy atom. The highest BCUT2D eigenvalue weighted by atomic mass is 127. The van der Waals surface area contributed by atoms with E-state index in [1.165, 1.54) is 0 Å². The molecule has 1 aromatic rings. The Labute approximate surface area is 86.2 Å². The predicted octanol–water partition coefficient (Wildman–Crippen LogP) is 3.29. The summed E-state index contributed by atoms with van der Waals surface area (Å²) >= 11 is 11.2. The smallest absolute Gasteiger partial charge is 0.0778 e. The van der Waals surface area contributed by atoms with Gasteiger partial charge in [0.25, 0.3) is 0 Å². The zero-order valence-corrected chi connectivity index (χ0v) is 9.37. The first-order valence-corrected chi connectivity index (χ1v) is 4.76. The van der Waals surface area contributed by atoms with Gasteiger partial charge in [0.15, 0.2) is 0 Å². The van der Waals surface area contributed by atoms with Gasteiger partial charge in [-0.05, 0) is 50.7 Å². The fourth-order valence-electron chi connectivity index (χ4n) is 0.576. The van der Waals surface area contributed by atoms with Crippen LogP contribution >= 0.6 is 50.1 Å². The fourth-order valence-corrected chi connectivity index (χ4v) is 2.24. The highest BCUT2D eigenvalue weighted by Crippen LogP contribution is 2.29.